The molecule has 0 radical (unpaired) electrons. The molecule has 1 unspecified atom stereocenters. The van der Waals surface area contributed by atoms with Crippen molar-refractivity contribution in [2.24, 2.45) is 10.9 Å². The van der Waals surface area contributed by atoms with Gasteiger partial charge in [0.15, 0.2) is 0 Å². The van der Waals surface area contributed by atoms with E-state index in [4.69, 9.17) is 4.99 Å². The summed E-state index contributed by atoms with van der Waals surface area (Å²) in [6.45, 7) is 8.22. The highest BCUT2D eigenvalue weighted by atomic mass is 16.1. The van der Waals surface area contributed by atoms with Crippen LogP contribution in [0.2, 0.25) is 0 Å². The summed E-state index contributed by atoms with van der Waals surface area (Å²) >= 11 is 0. The highest BCUT2D eigenvalue weighted by Gasteiger charge is 2.15. The molecule has 2 N–H and O–H groups in total. The number of nitrogens with zero attached hydrogens (tertiary/aromatic N) is 1. The van der Waals surface area contributed by atoms with Gasteiger partial charge in [0.2, 0.25) is 5.91 Å². The molecule has 0 saturated heterocycles. The Balaban J connectivity index is 2.21. The molecule has 0 spiro atoms. The Morgan fingerprint density at radius 3 is 2.33 bits per heavy atom. The summed E-state index contributed by atoms with van der Waals surface area (Å²) in [6, 6.07) is 14.1. The van der Waals surface area contributed by atoms with Crippen LogP contribution in [-0.4, -0.2) is 18.7 Å². The van der Waals surface area contributed by atoms with Gasteiger partial charge in [0, 0.05) is 30.1 Å². The van der Waals surface area contributed by atoms with E-state index in [0.717, 1.165) is 53.2 Å². The van der Waals surface area contributed by atoms with E-state index in [1.807, 2.05) is 51.2 Å². The lowest BCUT2D eigenvalue weighted by atomic mass is 10.00. The quantitative estimate of drug-likeness (QED) is 0.569. The maximum Gasteiger partial charge on any atom is 0.227 e. The van der Waals surface area contributed by atoms with Gasteiger partial charge in [-0.25, -0.2) is 0 Å². The fraction of sp³-hybridized carbons (Fsp3) is 0.391. The first kappa shape index (κ1) is 20.7. The Labute approximate surface area is 163 Å². The van der Waals surface area contributed by atoms with E-state index in [0.29, 0.717) is 0 Å². The summed E-state index contributed by atoms with van der Waals surface area (Å²) in [5.74, 6) is 0.160. The molecule has 2 aromatic rings. The van der Waals surface area contributed by atoms with Crippen LogP contribution in [0.25, 0.3) is 0 Å². The first-order valence-electron chi connectivity index (χ1n) is 9.73. The minimum Gasteiger partial charge on any atom is -0.388 e. The van der Waals surface area contributed by atoms with Gasteiger partial charge in [-0.1, -0.05) is 38.5 Å². The molecule has 1 atom stereocenters. The number of hydrogen-bond acceptors (Lipinski definition) is 3. The van der Waals surface area contributed by atoms with Crippen LogP contribution in [0.5, 0.6) is 0 Å². The summed E-state index contributed by atoms with van der Waals surface area (Å²) < 4.78 is 0. The maximum atomic E-state index is 12.5. The summed E-state index contributed by atoms with van der Waals surface area (Å²) in [5, 5.41) is 6.18. The first-order chi connectivity index (χ1) is 13.0. The molecule has 1 amide bonds. The van der Waals surface area contributed by atoms with Gasteiger partial charge in [-0.05, 0) is 62.1 Å². The number of carbonyl (C=O) groups is 1. The van der Waals surface area contributed by atoms with Crippen molar-refractivity contribution in [2.75, 3.05) is 17.7 Å². The molecule has 27 heavy (non-hydrogen) atoms. The van der Waals surface area contributed by atoms with Crippen LogP contribution >= 0.6 is 0 Å². The highest BCUT2D eigenvalue weighted by molar-refractivity contribution is 6.01. The highest BCUT2D eigenvalue weighted by Crippen LogP contribution is 2.25. The lowest BCUT2D eigenvalue weighted by Crippen LogP contribution is -2.22. The number of amides is 1. The van der Waals surface area contributed by atoms with E-state index in [2.05, 4.69) is 36.6 Å². The zero-order chi connectivity index (χ0) is 19.8. The fourth-order valence-electron chi connectivity index (χ4n) is 3.04. The summed E-state index contributed by atoms with van der Waals surface area (Å²) in [6.07, 6.45) is 2.79. The Bertz CT molecular complexity index is 794. The van der Waals surface area contributed by atoms with Gasteiger partial charge in [-0.2, -0.15) is 0 Å². The lowest BCUT2D eigenvalue weighted by molar-refractivity contribution is -0.120. The monoisotopic (exact) mass is 365 g/mol. The van der Waals surface area contributed by atoms with E-state index in [1.54, 1.807) is 0 Å². The molecule has 0 aliphatic rings. The number of benzene rings is 2. The van der Waals surface area contributed by atoms with Crippen molar-refractivity contribution in [3.05, 3.63) is 53.6 Å². The molecule has 144 valence electrons. The molecule has 4 heteroatoms. The van der Waals surface area contributed by atoms with Crippen LogP contribution in [0.1, 0.15) is 51.2 Å². The zero-order valence-corrected chi connectivity index (χ0v) is 17.1. The summed E-state index contributed by atoms with van der Waals surface area (Å²) in [7, 11) is 1.91. The second-order valence-electron chi connectivity index (χ2n) is 6.91. The van der Waals surface area contributed by atoms with Crippen molar-refractivity contribution in [3.8, 4) is 0 Å². The van der Waals surface area contributed by atoms with Gasteiger partial charge in [-0.15, -0.1) is 0 Å². The van der Waals surface area contributed by atoms with Crippen LogP contribution in [0, 0.1) is 12.8 Å². The first-order valence-corrected chi connectivity index (χ1v) is 9.73. The summed E-state index contributed by atoms with van der Waals surface area (Å²) in [4.78, 5) is 17.3. The molecular weight excluding hydrogens is 334 g/mol. The predicted octanol–water partition coefficient (Wildman–Crippen LogP) is 5.94. The van der Waals surface area contributed by atoms with Gasteiger partial charge in [0.05, 0.1) is 5.69 Å². The number of rotatable bonds is 8. The molecule has 0 aliphatic heterocycles. The van der Waals surface area contributed by atoms with Crippen molar-refractivity contribution in [2.45, 2.75) is 47.0 Å². The molecule has 0 saturated carbocycles. The predicted molar refractivity (Wildman–Crippen MR) is 116 cm³/mol. The number of nitrogens with one attached hydrogen (secondary N) is 2. The van der Waals surface area contributed by atoms with Gasteiger partial charge in [0.25, 0.3) is 0 Å². The number of aliphatic imine (C=N–C) groups is 1. The standard InChI is InChI=1S/C23H31N3O/c1-6-8-18(7-2)23(27)26-21-12-9-16(3)22(15-21)25-17(4)19-10-13-20(24-5)14-11-19/h9-15,18,24H,6-8H2,1-5H3,(H,26,27). The third-order valence-corrected chi connectivity index (χ3v) is 4.86. The van der Waals surface area contributed by atoms with E-state index in [1.165, 1.54) is 0 Å². The van der Waals surface area contributed by atoms with Gasteiger partial charge in [0.1, 0.15) is 0 Å². The van der Waals surface area contributed by atoms with Crippen LogP contribution in [0.4, 0.5) is 17.1 Å². The molecule has 0 aliphatic carbocycles. The largest absolute Gasteiger partial charge is 0.388 e. The number of anilines is 2. The molecule has 0 fully saturated rings. The van der Waals surface area contributed by atoms with Crippen molar-refractivity contribution < 1.29 is 4.79 Å². The van der Waals surface area contributed by atoms with Gasteiger partial charge in [-0.3, -0.25) is 9.79 Å². The SMILES string of the molecule is CCCC(CC)C(=O)Nc1ccc(C)c(N=C(C)c2ccc(NC)cc2)c1. The number of carbonyl (C=O) groups excluding carboxylic acids is 1. The smallest absolute Gasteiger partial charge is 0.227 e. The third kappa shape index (κ3) is 5.68. The van der Waals surface area contributed by atoms with E-state index < -0.39 is 0 Å². The minimum absolute atomic E-state index is 0.0654. The molecule has 4 nitrogen and oxygen atoms in total. The Hall–Kier alpha value is -2.62. The molecule has 0 heterocycles. The van der Waals surface area contributed by atoms with Crippen molar-refractivity contribution in [1.82, 2.24) is 0 Å². The van der Waals surface area contributed by atoms with E-state index in [-0.39, 0.29) is 11.8 Å². The fourth-order valence-corrected chi connectivity index (χ4v) is 3.04. The molecular formula is C23H31N3O. The van der Waals surface area contributed by atoms with E-state index >= 15 is 0 Å². The van der Waals surface area contributed by atoms with Crippen molar-refractivity contribution in [3.63, 3.8) is 0 Å². The third-order valence-electron chi connectivity index (χ3n) is 4.86. The van der Waals surface area contributed by atoms with Crippen molar-refractivity contribution in [1.29, 1.82) is 0 Å². The molecule has 2 rings (SSSR count). The molecule has 0 aromatic heterocycles. The normalized spacial score (nSPS) is 12.6. The number of aryl methyl sites for hydroxylation is 1. The topological polar surface area (TPSA) is 53.5 Å². The minimum atomic E-state index is 0.0654. The van der Waals surface area contributed by atoms with Crippen LogP contribution in [0.3, 0.4) is 0 Å². The molecule has 2 aromatic carbocycles. The maximum absolute atomic E-state index is 12.5. The average Bonchev–Trinajstić information content (AvgIpc) is 2.68. The van der Waals surface area contributed by atoms with Crippen LogP contribution in [-0.2, 0) is 4.79 Å². The Morgan fingerprint density at radius 2 is 1.74 bits per heavy atom. The summed E-state index contributed by atoms with van der Waals surface area (Å²) in [5.41, 5.74) is 5.87. The lowest BCUT2D eigenvalue weighted by Gasteiger charge is -2.15. The van der Waals surface area contributed by atoms with Crippen LogP contribution < -0.4 is 10.6 Å². The van der Waals surface area contributed by atoms with Gasteiger partial charge < -0.3 is 10.6 Å². The van der Waals surface area contributed by atoms with Gasteiger partial charge >= 0.3 is 0 Å². The zero-order valence-electron chi connectivity index (χ0n) is 17.1. The second kappa shape index (κ2) is 9.91. The Morgan fingerprint density at radius 1 is 1.07 bits per heavy atom. The number of hydrogen-bond donors (Lipinski definition) is 2. The van der Waals surface area contributed by atoms with Crippen LogP contribution in [0.15, 0.2) is 47.5 Å². The Kier molecular flexibility index (Phi) is 7.59. The van der Waals surface area contributed by atoms with E-state index in [9.17, 15) is 4.79 Å². The molecule has 0 bridgehead atoms. The average molecular weight is 366 g/mol. The van der Waals surface area contributed by atoms with Crippen molar-refractivity contribution >= 4 is 28.7 Å². The second-order valence-corrected chi connectivity index (χ2v) is 6.91.